The van der Waals surface area contributed by atoms with Crippen molar-refractivity contribution in [1.82, 2.24) is 15.0 Å². The Morgan fingerprint density at radius 1 is 0.377 bits per heavy atom. The number of rotatable bonds is 5. The fourth-order valence-electron chi connectivity index (χ4n) is 8.96. The Bertz CT molecular complexity index is 2600. The van der Waals surface area contributed by atoms with Crippen LogP contribution in [0.25, 0.3) is 67.5 Å². The van der Waals surface area contributed by atoms with Crippen LogP contribution < -0.4 is 0 Å². The van der Waals surface area contributed by atoms with Crippen LogP contribution in [0.3, 0.4) is 0 Å². The van der Waals surface area contributed by atoms with Crippen molar-refractivity contribution in [2.24, 2.45) is 5.41 Å². The summed E-state index contributed by atoms with van der Waals surface area (Å²) in [4.78, 5) is 15.2. The van der Waals surface area contributed by atoms with Crippen LogP contribution in [-0.4, -0.2) is 15.0 Å². The van der Waals surface area contributed by atoms with Crippen molar-refractivity contribution in [1.29, 1.82) is 0 Å². The molecule has 6 aromatic carbocycles. The van der Waals surface area contributed by atoms with E-state index in [1.807, 2.05) is 91.0 Å². The van der Waals surface area contributed by atoms with Crippen LogP contribution in [0.1, 0.15) is 74.3 Å². The molecule has 0 unspecified atom stereocenters. The van der Waals surface area contributed by atoms with E-state index in [2.05, 4.69) is 60.7 Å². The second-order valence-corrected chi connectivity index (χ2v) is 15.0. The van der Waals surface area contributed by atoms with Gasteiger partial charge in [-0.2, -0.15) is 0 Å². The monoisotopic (exact) mass is 689 g/mol. The summed E-state index contributed by atoms with van der Waals surface area (Å²) in [5, 5.41) is 0. The maximum absolute atomic E-state index is 9.97. The first-order chi connectivity index (χ1) is 27.7. The summed E-state index contributed by atoms with van der Waals surface area (Å²) in [5.74, 6) is 1.67. The van der Waals surface area contributed by atoms with E-state index < -0.39 is 18.2 Å². The molecule has 3 aliphatic carbocycles. The fourth-order valence-corrected chi connectivity index (χ4v) is 8.96. The van der Waals surface area contributed by atoms with Gasteiger partial charge in [0.05, 0.1) is 0 Å². The first kappa shape index (κ1) is 27.9. The van der Waals surface area contributed by atoms with Gasteiger partial charge in [0, 0.05) is 27.6 Å². The van der Waals surface area contributed by atoms with Crippen molar-refractivity contribution in [3.63, 3.8) is 0 Å². The van der Waals surface area contributed by atoms with E-state index in [1.54, 1.807) is 0 Å². The number of fused-ring (bicyclic) bond motifs is 5. The Balaban J connectivity index is 1.12. The third-order valence-electron chi connectivity index (χ3n) is 11.8. The molecule has 258 valence electrons. The maximum atomic E-state index is 9.97. The van der Waals surface area contributed by atoms with Gasteiger partial charge >= 0.3 is 0 Å². The maximum Gasteiger partial charge on any atom is 0.164 e. The molecule has 7 aromatic rings. The van der Waals surface area contributed by atoms with Gasteiger partial charge in [0.2, 0.25) is 0 Å². The van der Waals surface area contributed by atoms with Crippen LogP contribution in [0.5, 0.6) is 0 Å². The quantitative estimate of drug-likeness (QED) is 0.181. The third-order valence-corrected chi connectivity index (χ3v) is 11.8. The highest BCUT2D eigenvalue weighted by Gasteiger charge is 2.49. The van der Waals surface area contributed by atoms with Crippen molar-refractivity contribution >= 4 is 0 Å². The zero-order chi connectivity index (χ0) is 38.8. The van der Waals surface area contributed by atoms with Crippen LogP contribution in [0.15, 0.2) is 152 Å². The normalized spacial score (nSPS) is 19.7. The standard InChI is InChI=1S/C50H43N3/c1-4-14-35(15-5-1)36-22-24-38(25-23-36)47-51-46(37-16-6-2-7-17-37)52-48(53-47)43-20-9-8-18-40(43)39-26-27-42-41-19-10-11-21-44(41)50(45(42)34-39)32-30-49(31-33-50)28-12-3-13-29-49/h1-2,4-11,14-27,34H,3,12-13,28-33H2/i32D2,33D2. The largest absolute Gasteiger partial charge is 0.208 e. The zero-order valence-electron chi connectivity index (χ0n) is 33.7. The highest BCUT2D eigenvalue weighted by molar-refractivity contribution is 5.87. The molecule has 1 aromatic heterocycles. The highest BCUT2D eigenvalue weighted by atomic mass is 15.0. The minimum absolute atomic E-state index is 0.326. The molecule has 3 heteroatoms. The van der Waals surface area contributed by atoms with Crippen molar-refractivity contribution in [3.05, 3.63) is 163 Å². The molecule has 0 radical (unpaired) electrons. The Hall–Kier alpha value is -5.67. The van der Waals surface area contributed by atoms with Gasteiger partial charge in [0.15, 0.2) is 17.5 Å². The number of nitrogens with zero attached hydrogens (tertiary/aromatic N) is 3. The van der Waals surface area contributed by atoms with E-state index in [-0.39, 0.29) is 5.41 Å². The smallest absolute Gasteiger partial charge is 0.164 e. The lowest BCUT2D eigenvalue weighted by atomic mass is 9.56. The molecule has 53 heavy (non-hydrogen) atoms. The number of hydrogen-bond acceptors (Lipinski definition) is 3. The van der Waals surface area contributed by atoms with Crippen molar-refractivity contribution < 1.29 is 5.48 Å². The van der Waals surface area contributed by atoms with Crippen molar-refractivity contribution in [2.75, 3.05) is 0 Å². The van der Waals surface area contributed by atoms with E-state index >= 15 is 0 Å². The SMILES string of the molecule is [2H]C1([2H])CC2(CCCCC2)CC([2H])([2H])C12c1ccccc1-c1ccc(-c3ccccc3-c3nc(-c4ccccc4)nc(-c4ccc(-c5ccccc5)cc4)n3)cc12. The second-order valence-electron chi connectivity index (χ2n) is 15.0. The molecular weight excluding hydrogens is 643 g/mol. The molecule has 0 atom stereocenters. The average Bonchev–Trinajstić information content (AvgIpc) is 3.55. The third kappa shape index (κ3) is 5.62. The lowest BCUT2D eigenvalue weighted by molar-refractivity contribution is 0.0951. The molecule has 0 amide bonds. The predicted octanol–water partition coefficient (Wildman–Crippen LogP) is 13.0. The predicted molar refractivity (Wildman–Crippen MR) is 217 cm³/mol. The molecule has 2 spiro atoms. The molecule has 10 rings (SSSR count). The van der Waals surface area contributed by atoms with Crippen LogP contribution in [0.2, 0.25) is 0 Å². The summed E-state index contributed by atoms with van der Waals surface area (Å²) in [6, 6.07) is 50.9. The summed E-state index contributed by atoms with van der Waals surface area (Å²) in [5.41, 5.74) is 8.13. The van der Waals surface area contributed by atoms with Gasteiger partial charge in [-0.15, -0.1) is 0 Å². The minimum atomic E-state index is -1.82. The van der Waals surface area contributed by atoms with Crippen molar-refractivity contribution in [2.45, 2.75) is 63.1 Å². The van der Waals surface area contributed by atoms with E-state index in [4.69, 9.17) is 15.0 Å². The van der Waals surface area contributed by atoms with Gasteiger partial charge in [-0.25, -0.2) is 15.0 Å². The first-order valence-electron chi connectivity index (χ1n) is 21.0. The highest BCUT2D eigenvalue weighted by Crippen LogP contribution is 2.61. The van der Waals surface area contributed by atoms with Crippen LogP contribution in [-0.2, 0) is 5.41 Å². The van der Waals surface area contributed by atoms with E-state index in [9.17, 15) is 5.48 Å². The second kappa shape index (κ2) is 13.1. The Kier molecular flexibility index (Phi) is 6.89. The first-order valence-corrected chi connectivity index (χ1v) is 19.0. The molecular formula is C50H43N3. The topological polar surface area (TPSA) is 38.7 Å². The van der Waals surface area contributed by atoms with Crippen LogP contribution >= 0.6 is 0 Å². The van der Waals surface area contributed by atoms with Crippen LogP contribution in [0.4, 0.5) is 0 Å². The van der Waals surface area contributed by atoms with Gasteiger partial charge < -0.3 is 0 Å². The average molecular weight is 690 g/mol. The van der Waals surface area contributed by atoms with Crippen molar-refractivity contribution in [3.8, 4) is 67.5 Å². The molecule has 0 saturated heterocycles. The van der Waals surface area contributed by atoms with Gasteiger partial charge in [-0.3, -0.25) is 0 Å². The van der Waals surface area contributed by atoms with Gasteiger partial charge in [-0.05, 0) is 94.4 Å². The lowest BCUT2D eigenvalue weighted by Crippen LogP contribution is -2.38. The van der Waals surface area contributed by atoms with Gasteiger partial charge in [0.25, 0.3) is 0 Å². The summed E-state index contributed by atoms with van der Waals surface area (Å²) in [6.07, 6.45) is 2.06. The fraction of sp³-hybridized carbons (Fsp3) is 0.220. The summed E-state index contributed by atoms with van der Waals surface area (Å²) in [6.45, 7) is 0. The Morgan fingerprint density at radius 3 is 1.57 bits per heavy atom. The number of aromatic nitrogens is 3. The van der Waals surface area contributed by atoms with Gasteiger partial charge in [-0.1, -0.05) is 165 Å². The number of benzene rings is 6. The summed E-state index contributed by atoms with van der Waals surface area (Å²) >= 11 is 0. The lowest BCUT2D eigenvalue weighted by Gasteiger charge is -2.48. The number of hydrogen-bond donors (Lipinski definition) is 0. The Labute approximate surface area is 318 Å². The molecule has 0 N–H and O–H groups in total. The molecule has 0 aliphatic heterocycles. The Morgan fingerprint density at radius 2 is 0.868 bits per heavy atom. The molecule has 2 saturated carbocycles. The molecule has 2 fully saturated rings. The zero-order valence-corrected chi connectivity index (χ0v) is 29.7. The summed E-state index contributed by atoms with van der Waals surface area (Å²) in [7, 11) is 0. The van der Waals surface area contributed by atoms with Crippen LogP contribution in [0, 0.1) is 5.41 Å². The molecule has 0 bridgehead atoms. The van der Waals surface area contributed by atoms with E-state index in [1.165, 1.54) is 0 Å². The van der Waals surface area contributed by atoms with E-state index in [0.717, 1.165) is 93.3 Å². The van der Waals surface area contributed by atoms with E-state index in [0.29, 0.717) is 30.3 Å². The molecule has 3 nitrogen and oxygen atoms in total. The minimum Gasteiger partial charge on any atom is -0.208 e. The summed E-state index contributed by atoms with van der Waals surface area (Å²) < 4.78 is 39.9. The molecule has 3 aliphatic rings. The molecule has 1 heterocycles. The van der Waals surface area contributed by atoms with Gasteiger partial charge in [0.1, 0.15) is 0 Å².